The van der Waals surface area contributed by atoms with Crippen LogP contribution in [-0.2, 0) is 20.8 Å². The number of benzene rings is 1. The molecule has 1 N–H and O–H groups in total. The number of carbonyl (C=O) groups excluding carboxylic acids is 3. The van der Waals surface area contributed by atoms with Gasteiger partial charge in [0.25, 0.3) is 0 Å². The molecule has 0 aromatic heterocycles. The summed E-state index contributed by atoms with van der Waals surface area (Å²) in [5.41, 5.74) is 0.980. The van der Waals surface area contributed by atoms with Gasteiger partial charge in [-0.2, -0.15) is 0 Å². The van der Waals surface area contributed by atoms with Gasteiger partial charge >= 0.3 is 0 Å². The minimum Gasteiger partial charge on any atom is -0.352 e. The van der Waals surface area contributed by atoms with E-state index in [1.54, 1.807) is 4.90 Å². The van der Waals surface area contributed by atoms with Gasteiger partial charge in [0.2, 0.25) is 17.7 Å². The van der Waals surface area contributed by atoms with Crippen LogP contribution in [0.4, 0.5) is 0 Å². The van der Waals surface area contributed by atoms with Crippen LogP contribution in [0.2, 0.25) is 0 Å². The third-order valence-corrected chi connectivity index (χ3v) is 6.05. The minimum absolute atomic E-state index is 0.0300. The zero-order chi connectivity index (χ0) is 20.2. The summed E-state index contributed by atoms with van der Waals surface area (Å²) in [5, 5.41) is 3.01. The van der Waals surface area contributed by atoms with Gasteiger partial charge in [-0.1, -0.05) is 30.3 Å². The molecule has 1 unspecified atom stereocenters. The number of hydrogen-bond donors (Lipinski definition) is 1. The molecule has 4 rings (SSSR count). The summed E-state index contributed by atoms with van der Waals surface area (Å²) in [6.45, 7) is 3.70. The Kier molecular flexibility index (Phi) is 6.13. The summed E-state index contributed by atoms with van der Waals surface area (Å²) in [5.74, 6) is 0.175. The lowest BCUT2D eigenvalue weighted by atomic mass is 10.1. The first-order valence-corrected chi connectivity index (χ1v) is 10.7. The van der Waals surface area contributed by atoms with Gasteiger partial charge in [-0.05, 0) is 31.2 Å². The molecule has 7 heteroatoms. The number of piperazine rings is 1. The van der Waals surface area contributed by atoms with Crippen molar-refractivity contribution in [1.29, 1.82) is 0 Å². The number of nitrogens with one attached hydrogen (secondary N) is 1. The van der Waals surface area contributed by atoms with Crippen LogP contribution in [-0.4, -0.2) is 83.8 Å². The summed E-state index contributed by atoms with van der Waals surface area (Å²) in [7, 11) is 0. The monoisotopic (exact) mass is 398 g/mol. The van der Waals surface area contributed by atoms with Crippen LogP contribution in [0.25, 0.3) is 0 Å². The maximum absolute atomic E-state index is 13.1. The third kappa shape index (κ3) is 5.15. The highest BCUT2D eigenvalue weighted by Crippen LogP contribution is 2.22. The quantitative estimate of drug-likeness (QED) is 0.764. The fourth-order valence-electron chi connectivity index (χ4n) is 4.24. The molecule has 0 spiro atoms. The fourth-order valence-corrected chi connectivity index (χ4v) is 4.24. The molecule has 29 heavy (non-hydrogen) atoms. The smallest absolute Gasteiger partial charge is 0.245 e. The van der Waals surface area contributed by atoms with E-state index < -0.39 is 0 Å². The van der Waals surface area contributed by atoms with Crippen LogP contribution < -0.4 is 5.32 Å². The summed E-state index contributed by atoms with van der Waals surface area (Å²) in [6, 6.07) is 9.74. The standard InChI is InChI=1S/C22H30N4O3/c27-20(23-18-8-9-18)16-24-11-13-25(14-12-24)22(29)19-7-4-10-26(19)21(28)15-17-5-2-1-3-6-17/h1-3,5-6,18-19H,4,7-16H2,(H,23,27). The molecule has 7 nitrogen and oxygen atoms in total. The maximum atomic E-state index is 13.1. The van der Waals surface area contributed by atoms with Gasteiger partial charge in [0.1, 0.15) is 6.04 Å². The molecule has 2 heterocycles. The van der Waals surface area contributed by atoms with Gasteiger partial charge < -0.3 is 15.1 Å². The van der Waals surface area contributed by atoms with Gasteiger partial charge in [-0.25, -0.2) is 0 Å². The summed E-state index contributed by atoms with van der Waals surface area (Å²) < 4.78 is 0. The largest absolute Gasteiger partial charge is 0.352 e. The predicted molar refractivity (Wildman–Crippen MR) is 109 cm³/mol. The van der Waals surface area contributed by atoms with Crippen molar-refractivity contribution in [3.63, 3.8) is 0 Å². The topological polar surface area (TPSA) is 73.0 Å². The molecule has 1 atom stereocenters. The lowest BCUT2D eigenvalue weighted by Gasteiger charge is -2.37. The van der Waals surface area contributed by atoms with Crippen molar-refractivity contribution in [3.8, 4) is 0 Å². The summed E-state index contributed by atoms with van der Waals surface area (Å²) in [6.07, 6.45) is 4.14. The zero-order valence-corrected chi connectivity index (χ0v) is 16.9. The van der Waals surface area contributed by atoms with Gasteiger partial charge in [-0.3, -0.25) is 19.3 Å². The van der Waals surface area contributed by atoms with Gasteiger partial charge in [-0.15, -0.1) is 0 Å². The normalized spacial score (nSPS) is 22.6. The van der Waals surface area contributed by atoms with Crippen LogP contribution in [0.1, 0.15) is 31.2 Å². The molecule has 2 saturated heterocycles. The zero-order valence-electron chi connectivity index (χ0n) is 16.9. The third-order valence-electron chi connectivity index (χ3n) is 6.05. The first-order chi connectivity index (χ1) is 14.1. The van der Waals surface area contributed by atoms with Crippen molar-refractivity contribution in [1.82, 2.24) is 20.0 Å². The SMILES string of the molecule is O=C(CN1CCN(C(=O)C2CCCN2C(=O)Cc2ccccc2)CC1)NC1CC1. The average Bonchev–Trinajstić information content (AvgIpc) is 3.39. The van der Waals surface area contributed by atoms with Crippen LogP contribution in [0.3, 0.4) is 0 Å². The number of nitrogens with zero attached hydrogens (tertiary/aromatic N) is 3. The van der Waals surface area contributed by atoms with Crippen molar-refractivity contribution in [3.05, 3.63) is 35.9 Å². The fraction of sp³-hybridized carbons (Fsp3) is 0.591. The number of rotatable bonds is 6. The second-order valence-electron chi connectivity index (χ2n) is 8.35. The Morgan fingerprint density at radius 3 is 2.34 bits per heavy atom. The van der Waals surface area contributed by atoms with Crippen molar-refractivity contribution >= 4 is 17.7 Å². The molecular weight excluding hydrogens is 368 g/mol. The number of amides is 3. The number of carbonyl (C=O) groups is 3. The second kappa shape index (κ2) is 8.95. The molecule has 1 saturated carbocycles. The highest BCUT2D eigenvalue weighted by molar-refractivity contribution is 5.89. The molecule has 0 radical (unpaired) electrons. The van der Waals surface area contributed by atoms with Crippen LogP contribution in [0.5, 0.6) is 0 Å². The molecule has 1 aromatic carbocycles. The van der Waals surface area contributed by atoms with Crippen LogP contribution in [0, 0.1) is 0 Å². The Balaban J connectivity index is 1.27. The lowest BCUT2D eigenvalue weighted by Crippen LogP contribution is -2.55. The molecule has 2 aliphatic heterocycles. The van der Waals surface area contributed by atoms with E-state index in [1.807, 2.05) is 35.2 Å². The van der Waals surface area contributed by atoms with Crippen molar-refractivity contribution in [2.24, 2.45) is 0 Å². The predicted octanol–water partition coefficient (Wildman–Crippen LogP) is 0.643. The van der Waals surface area contributed by atoms with Gasteiger partial charge in [0, 0.05) is 38.8 Å². The Bertz CT molecular complexity index is 742. The first-order valence-electron chi connectivity index (χ1n) is 10.7. The van der Waals surface area contributed by atoms with Gasteiger partial charge in [0.05, 0.1) is 13.0 Å². The second-order valence-corrected chi connectivity index (χ2v) is 8.35. The van der Waals surface area contributed by atoms with E-state index in [-0.39, 0.29) is 23.8 Å². The van der Waals surface area contributed by atoms with E-state index in [2.05, 4.69) is 10.2 Å². The van der Waals surface area contributed by atoms with Crippen molar-refractivity contribution in [2.45, 2.75) is 44.2 Å². The summed E-state index contributed by atoms with van der Waals surface area (Å²) in [4.78, 5) is 43.6. The van der Waals surface area contributed by atoms with E-state index in [0.29, 0.717) is 51.7 Å². The number of likely N-dealkylation sites (tertiary alicyclic amines) is 1. The van der Waals surface area contributed by atoms with E-state index >= 15 is 0 Å². The highest BCUT2D eigenvalue weighted by atomic mass is 16.2. The molecule has 0 bridgehead atoms. The molecule has 156 valence electrons. The Hall–Kier alpha value is -2.41. The minimum atomic E-state index is -0.337. The van der Waals surface area contributed by atoms with Gasteiger partial charge in [0.15, 0.2) is 0 Å². The Labute approximate surface area is 172 Å². The Morgan fingerprint density at radius 2 is 1.66 bits per heavy atom. The van der Waals surface area contributed by atoms with E-state index in [0.717, 1.165) is 31.2 Å². The molecular formula is C22H30N4O3. The maximum Gasteiger partial charge on any atom is 0.245 e. The summed E-state index contributed by atoms with van der Waals surface area (Å²) >= 11 is 0. The molecule has 1 aromatic rings. The van der Waals surface area contributed by atoms with Crippen LogP contribution in [0.15, 0.2) is 30.3 Å². The van der Waals surface area contributed by atoms with E-state index in [1.165, 1.54) is 0 Å². The van der Waals surface area contributed by atoms with E-state index in [9.17, 15) is 14.4 Å². The average molecular weight is 399 g/mol. The highest BCUT2D eigenvalue weighted by Gasteiger charge is 2.37. The molecule has 1 aliphatic carbocycles. The van der Waals surface area contributed by atoms with Crippen molar-refractivity contribution < 1.29 is 14.4 Å². The Morgan fingerprint density at radius 1 is 0.931 bits per heavy atom. The van der Waals surface area contributed by atoms with Crippen LogP contribution >= 0.6 is 0 Å². The number of hydrogen-bond acceptors (Lipinski definition) is 4. The molecule has 3 aliphatic rings. The molecule has 3 fully saturated rings. The van der Waals surface area contributed by atoms with Crippen molar-refractivity contribution in [2.75, 3.05) is 39.3 Å². The lowest BCUT2D eigenvalue weighted by molar-refractivity contribution is -0.144. The molecule has 3 amide bonds. The van der Waals surface area contributed by atoms with E-state index in [4.69, 9.17) is 0 Å². The first kappa shape index (κ1) is 19.9.